The Hall–Kier alpha value is -9.78. The van der Waals surface area contributed by atoms with Crippen molar-refractivity contribution in [3.8, 4) is 16.8 Å². The number of anilines is 12. The second-order valence-electron chi connectivity index (χ2n) is 20.2. The molecule has 7 heteroatoms. The minimum absolute atomic E-state index is 0.143. The van der Waals surface area contributed by atoms with E-state index < -0.39 is 0 Å². The van der Waals surface area contributed by atoms with Gasteiger partial charge in [-0.2, -0.15) is 0 Å². The molecule has 371 valence electrons. The average molecular weight is 1070 g/mol. The summed E-state index contributed by atoms with van der Waals surface area (Å²) in [5.74, 6) is 0. The van der Waals surface area contributed by atoms with Crippen LogP contribution in [-0.2, 0) is 0 Å². The van der Waals surface area contributed by atoms with E-state index in [1.54, 1.807) is 0 Å². The molecule has 0 N–H and O–H groups in total. The molecule has 0 atom stereocenters. The molecular formula is C72H49BN5Se. The Labute approximate surface area is 469 Å². The van der Waals surface area contributed by atoms with Crippen LogP contribution in [0, 0.1) is 0 Å². The van der Waals surface area contributed by atoms with Gasteiger partial charge in [-0.3, -0.25) is 0 Å². The van der Waals surface area contributed by atoms with E-state index in [1.165, 1.54) is 38.2 Å². The van der Waals surface area contributed by atoms with E-state index in [0.29, 0.717) is 0 Å². The van der Waals surface area contributed by atoms with Gasteiger partial charge < -0.3 is 0 Å². The predicted molar refractivity (Wildman–Crippen MR) is 335 cm³/mol. The summed E-state index contributed by atoms with van der Waals surface area (Å²) < 4.78 is 3.42. The van der Waals surface area contributed by atoms with Crippen molar-refractivity contribution in [1.29, 1.82) is 0 Å². The standard InChI is InChI=1S/C72H49BN5Se/c79-71-49-67-62(48-68(71)76(63-38-20-16-34-58(63)50-24-6-1-7-25-50)56-44-42-55(43-45-56)75-64-39-21-17-35-59(64)60-36-18-22-40-65(60)75)73-61-37-19-23-41-66(61)77(53-30-12-4-13-31-53)69-46-57(47-70(72(69)73)78(67)54-32-14-5-15-33-54)74(51-26-8-2-9-27-51)52-28-10-3-11-29-52/h1-49H. The van der Waals surface area contributed by atoms with Gasteiger partial charge in [-0.25, -0.2) is 0 Å². The summed E-state index contributed by atoms with van der Waals surface area (Å²) >= 11 is 3.66. The Morgan fingerprint density at radius 2 is 0.797 bits per heavy atom. The maximum atomic E-state index is 3.66. The van der Waals surface area contributed by atoms with E-state index in [1.807, 2.05) is 0 Å². The van der Waals surface area contributed by atoms with Crippen LogP contribution in [-0.4, -0.2) is 27.3 Å². The summed E-state index contributed by atoms with van der Waals surface area (Å²) in [6.07, 6.45) is 0. The molecule has 0 saturated carbocycles. The summed E-state index contributed by atoms with van der Waals surface area (Å²) in [6, 6.07) is 108. The minimum atomic E-state index is -0.143. The van der Waals surface area contributed by atoms with E-state index in [4.69, 9.17) is 0 Å². The Balaban J connectivity index is 0.996. The summed E-state index contributed by atoms with van der Waals surface area (Å²) in [6.45, 7) is -0.143. The first kappa shape index (κ1) is 46.5. The zero-order chi connectivity index (χ0) is 52.4. The third kappa shape index (κ3) is 7.77. The molecular weight excluding hydrogens is 1020 g/mol. The SMILES string of the molecule is [Se]c1cc2c(cc1N(c1ccc(-n3c4ccccc4c4ccccc43)cc1)c1ccccc1-c1ccccc1)B1c3ccccc3N(c3ccccc3)c3cc(N(c4ccccc4)c4ccccc4)cc(c31)N2c1ccccc1. The van der Waals surface area contributed by atoms with Crippen molar-refractivity contribution in [3.63, 3.8) is 0 Å². The van der Waals surface area contributed by atoms with Gasteiger partial charge in [-0.1, -0.05) is 0 Å². The van der Waals surface area contributed by atoms with Crippen molar-refractivity contribution in [2.45, 2.75) is 0 Å². The zero-order valence-electron chi connectivity index (χ0n) is 43.0. The van der Waals surface area contributed by atoms with Gasteiger partial charge in [0.25, 0.3) is 0 Å². The van der Waals surface area contributed by atoms with E-state index in [9.17, 15) is 0 Å². The van der Waals surface area contributed by atoms with Crippen molar-refractivity contribution in [1.82, 2.24) is 4.57 Å². The monoisotopic (exact) mass is 1070 g/mol. The van der Waals surface area contributed by atoms with Crippen molar-refractivity contribution in [2.75, 3.05) is 19.6 Å². The van der Waals surface area contributed by atoms with E-state index in [2.05, 4.69) is 337 Å². The quantitative estimate of drug-likeness (QED) is 0.127. The third-order valence-electron chi connectivity index (χ3n) is 15.8. The van der Waals surface area contributed by atoms with E-state index >= 15 is 0 Å². The second-order valence-corrected chi connectivity index (χ2v) is 21.1. The molecule has 0 bridgehead atoms. The average Bonchev–Trinajstić information content (AvgIpc) is 4.06. The molecule has 1 radical (unpaired) electrons. The summed E-state index contributed by atoms with van der Waals surface area (Å²) in [4.78, 5) is 9.86. The number of hydrogen-bond acceptors (Lipinski definition) is 4. The molecule has 2 aliphatic rings. The van der Waals surface area contributed by atoms with E-state index in [-0.39, 0.29) is 6.71 Å². The van der Waals surface area contributed by atoms with Crippen LogP contribution in [0.2, 0.25) is 0 Å². The molecule has 0 unspecified atom stereocenters. The second kappa shape index (κ2) is 19.4. The molecule has 3 heterocycles. The number of hydrogen-bond donors (Lipinski definition) is 0. The van der Waals surface area contributed by atoms with Gasteiger partial charge in [0.15, 0.2) is 0 Å². The van der Waals surface area contributed by atoms with Crippen molar-refractivity contribution >= 4 is 134 Å². The molecule has 0 aliphatic carbocycles. The fourth-order valence-electron chi connectivity index (χ4n) is 12.5. The molecule has 2 aliphatic heterocycles. The summed E-state index contributed by atoms with van der Waals surface area (Å²) in [5, 5.41) is 2.49. The third-order valence-corrected chi connectivity index (χ3v) is 16.5. The fourth-order valence-corrected chi connectivity index (χ4v) is 13.0. The summed E-state index contributed by atoms with van der Waals surface area (Å²) in [7, 11) is 0. The van der Waals surface area contributed by atoms with Crippen LogP contribution in [0.1, 0.15) is 0 Å². The van der Waals surface area contributed by atoms with Gasteiger partial charge in [0, 0.05) is 0 Å². The first-order valence-corrected chi connectivity index (χ1v) is 27.8. The Bertz CT molecular complexity index is 4310. The topological polar surface area (TPSA) is 17.9 Å². The van der Waals surface area contributed by atoms with Gasteiger partial charge >= 0.3 is 472 Å². The molecule has 12 aromatic carbocycles. The maximum absolute atomic E-state index is 3.66. The number of rotatable bonds is 10. The van der Waals surface area contributed by atoms with Crippen LogP contribution >= 0.6 is 0 Å². The molecule has 13 aromatic rings. The van der Waals surface area contributed by atoms with Crippen LogP contribution in [0.4, 0.5) is 68.2 Å². The van der Waals surface area contributed by atoms with Crippen LogP contribution in [0.25, 0.3) is 38.6 Å². The number of fused-ring (bicyclic) bond motifs is 7. The zero-order valence-corrected chi connectivity index (χ0v) is 44.7. The van der Waals surface area contributed by atoms with Crippen molar-refractivity contribution in [2.24, 2.45) is 0 Å². The Morgan fingerprint density at radius 3 is 1.41 bits per heavy atom. The van der Waals surface area contributed by atoms with Crippen molar-refractivity contribution < 1.29 is 0 Å². The fraction of sp³-hybridized carbons (Fsp3) is 0. The van der Waals surface area contributed by atoms with Gasteiger partial charge in [-0.15, -0.1) is 0 Å². The summed E-state index contributed by atoms with van der Waals surface area (Å²) in [5.41, 5.74) is 22.6. The van der Waals surface area contributed by atoms with Gasteiger partial charge in [-0.05, 0) is 0 Å². The van der Waals surface area contributed by atoms with Gasteiger partial charge in [0.1, 0.15) is 0 Å². The molecule has 79 heavy (non-hydrogen) atoms. The van der Waals surface area contributed by atoms with Gasteiger partial charge in [0.2, 0.25) is 0 Å². The van der Waals surface area contributed by atoms with Gasteiger partial charge in [0.05, 0.1) is 0 Å². The number of aromatic nitrogens is 1. The molecule has 5 nitrogen and oxygen atoms in total. The van der Waals surface area contributed by atoms with Crippen LogP contribution in [0.15, 0.2) is 297 Å². The van der Waals surface area contributed by atoms with E-state index in [0.717, 1.165) is 89.5 Å². The number of benzene rings is 12. The Morgan fingerprint density at radius 1 is 0.316 bits per heavy atom. The number of nitrogens with zero attached hydrogens (tertiary/aromatic N) is 5. The molecule has 0 amide bonds. The molecule has 1 aromatic heterocycles. The first-order valence-electron chi connectivity index (χ1n) is 26.9. The molecule has 0 fully saturated rings. The van der Waals surface area contributed by atoms with Crippen LogP contribution in [0.3, 0.4) is 0 Å². The number of para-hydroxylation sites is 8. The molecule has 0 spiro atoms. The van der Waals surface area contributed by atoms with Crippen molar-refractivity contribution in [3.05, 3.63) is 297 Å². The molecule has 15 rings (SSSR count). The first-order chi connectivity index (χ1) is 39.2. The predicted octanol–water partition coefficient (Wildman–Crippen LogP) is 16.3. The Kier molecular flexibility index (Phi) is 11.4. The van der Waals surface area contributed by atoms with Crippen LogP contribution < -0.4 is 40.4 Å². The molecule has 0 saturated heterocycles. The van der Waals surface area contributed by atoms with Crippen LogP contribution in [0.5, 0.6) is 0 Å². The normalized spacial score (nSPS) is 12.3.